The highest BCUT2D eigenvalue weighted by atomic mass is 16.7. The number of carbonyl (C=O) groups is 3. The standard InChI is InChI=1S/C35H25N3O7/c1-19-16-29-35(24-7-3-4-8-25(24)36-34(35)41)30(32(39)21-12-15-27-28(17-21)45-18-44-27)31(37(29)26-9-5-2-6-23(19)26)33(40)20-10-13-22(14-11-20)38(42)43/h2-17,29-31H,18H2,1H3,(H,36,41). The zero-order valence-corrected chi connectivity index (χ0v) is 23.9. The molecule has 1 N–H and O–H groups in total. The van der Waals surface area contributed by atoms with Gasteiger partial charge < -0.3 is 19.7 Å². The fraction of sp³-hybridized carbons (Fsp3) is 0.171. The number of nitrogens with one attached hydrogen (secondary N) is 1. The summed E-state index contributed by atoms with van der Waals surface area (Å²) in [5, 5.41) is 14.4. The van der Waals surface area contributed by atoms with Crippen molar-refractivity contribution >= 4 is 40.1 Å². The zero-order valence-electron chi connectivity index (χ0n) is 23.9. The van der Waals surface area contributed by atoms with Crippen LogP contribution in [0.4, 0.5) is 17.1 Å². The quantitative estimate of drug-likeness (QED) is 0.179. The van der Waals surface area contributed by atoms with Crippen LogP contribution in [0.15, 0.2) is 97.1 Å². The Morgan fingerprint density at radius 2 is 1.62 bits per heavy atom. The number of amides is 1. The summed E-state index contributed by atoms with van der Waals surface area (Å²) in [6, 6.07) is 23.3. The van der Waals surface area contributed by atoms with Crippen molar-refractivity contribution < 1.29 is 28.8 Å². The molecule has 4 aliphatic heterocycles. The van der Waals surface area contributed by atoms with E-state index in [1.807, 2.05) is 60.4 Å². The second-order valence-electron chi connectivity index (χ2n) is 11.6. The molecule has 8 rings (SSSR count). The van der Waals surface area contributed by atoms with E-state index in [9.17, 15) is 19.7 Å². The molecule has 4 aromatic rings. The van der Waals surface area contributed by atoms with Gasteiger partial charge in [-0.1, -0.05) is 42.5 Å². The maximum absolute atomic E-state index is 15.0. The van der Waals surface area contributed by atoms with Crippen LogP contribution >= 0.6 is 0 Å². The lowest BCUT2D eigenvalue weighted by Crippen LogP contribution is -2.51. The molecule has 45 heavy (non-hydrogen) atoms. The van der Waals surface area contributed by atoms with E-state index in [0.29, 0.717) is 22.7 Å². The predicted octanol–water partition coefficient (Wildman–Crippen LogP) is 5.57. The third kappa shape index (κ3) is 3.65. The van der Waals surface area contributed by atoms with Crippen LogP contribution in [0.2, 0.25) is 0 Å². The summed E-state index contributed by atoms with van der Waals surface area (Å²) < 4.78 is 11.1. The number of ether oxygens (including phenoxy) is 2. The third-order valence-electron chi connectivity index (χ3n) is 9.45. The summed E-state index contributed by atoms with van der Waals surface area (Å²) >= 11 is 0. The number of hydrogen-bond acceptors (Lipinski definition) is 8. The van der Waals surface area contributed by atoms with Crippen molar-refractivity contribution in [3.05, 3.63) is 129 Å². The lowest BCUT2D eigenvalue weighted by molar-refractivity contribution is -0.384. The van der Waals surface area contributed by atoms with Crippen LogP contribution in [-0.4, -0.2) is 41.3 Å². The number of para-hydroxylation sites is 2. The third-order valence-corrected chi connectivity index (χ3v) is 9.45. The minimum absolute atomic E-state index is 0.0219. The molecule has 0 radical (unpaired) electrons. The number of fused-ring (bicyclic) bond motifs is 7. The highest BCUT2D eigenvalue weighted by Gasteiger charge is 2.70. The number of hydrogen-bond donors (Lipinski definition) is 1. The molecule has 1 spiro atoms. The molecule has 4 unspecified atom stereocenters. The van der Waals surface area contributed by atoms with Crippen molar-refractivity contribution in [1.82, 2.24) is 0 Å². The average molecular weight is 600 g/mol. The van der Waals surface area contributed by atoms with Crippen molar-refractivity contribution in [3.8, 4) is 11.5 Å². The van der Waals surface area contributed by atoms with Gasteiger partial charge >= 0.3 is 0 Å². The second kappa shape index (κ2) is 9.62. The van der Waals surface area contributed by atoms with Crippen molar-refractivity contribution in [3.63, 3.8) is 0 Å². The molecule has 0 saturated carbocycles. The Kier molecular flexibility index (Phi) is 5.73. The van der Waals surface area contributed by atoms with E-state index in [2.05, 4.69) is 5.32 Å². The minimum Gasteiger partial charge on any atom is -0.454 e. The summed E-state index contributed by atoms with van der Waals surface area (Å²) in [6.45, 7) is 1.98. The van der Waals surface area contributed by atoms with E-state index in [1.165, 1.54) is 24.3 Å². The number of allylic oxidation sites excluding steroid dienone is 1. The van der Waals surface area contributed by atoms with Crippen LogP contribution in [0.3, 0.4) is 0 Å². The number of anilines is 2. The largest absolute Gasteiger partial charge is 0.454 e. The monoisotopic (exact) mass is 599 g/mol. The lowest BCUT2D eigenvalue weighted by atomic mass is 9.64. The van der Waals surface area contributed by atoms with Crippen LogP contribution in [0.25, 0.3) is 5.57 Å². The van der Waals surface area contributed by atoms with Gasteiger partial charge in [0, 0.05) is 40.2 Å². The van der Waals surface area contributed by atoms with Crippen LogP contribution in [0.5, 0.6) is 11.5 Å². The highest BCUT2D eigenvalue weighted by molar-refractivity contribution is 6.18. The molecular weight excluding hydrogens is 574 g/mol. The average Bonchev–Trinajstić information content (AvgIpc) is 3.73. The van der Waals surface area contributed by atoms with E-state index in [1.54, 1.807) is 24.3 Å². The highest BCUT2D eigenvalue weighted by Crippen LogP contribution is 2.59. The van der Waals surface area contributed by atoms with Crippen molar-refractivity contribution in [1.29, 1.82) is 0 Å². The Balaban J connectivity index is 1.40. The number of nitro groups is 1. The number of nitro benzene ring substituents is 1. The first-order chi connectivity index (χ1) is 21.8. The summed E-state index contributed by atoms with van der Waals surface area (Å²) in [5.74, 6) is -1.49. The van der Waals surface area contributed by atoms with Crippen LogP contribution in [0.1, 0.15) is 38.8 Å². The molecule has 0 aliphatic carbocycles. The van der Waals surface area contributed by atoms with Gasteiger partial charge in [0.25, 0.3) is 5.69 Å². The van der Waals surface area contributed by atoms with E-state index in [4.69, 9.17) is 9.47 Å². The first-order valence-corrected chi connectivity index (χ1v) is 14.5. The number of carbonyl (C=O) groups excluding carboxylic acids is 3. The molecule has 1 saturated heterocycles. The topological polar surface area (TPSA) is 128 Å². The summed E-state index contributed by atoms with van der Waals surface area (Å²) in [7, 11) is 0. The Hall–Kier alpha value is -5.77. The first-order valence-electron chi connectivity index (χ1n) is 14.5. The van der Waals surface area contributed by atoms with E-state index < -0.39 is 39.9 Å². The molecular formula is C35H25N3O7. The van der Waals surface area contributed by atoms with E-state index >= 15 is 4.79 Å². The van der Waals surface area contributed by atoms with Gasteiger partial charge in [-0.2, -0.15) is 0 Å². The predicted molar refractivity (Wildman–Crippen MR) is 165 cm³/mol. The molecule has 4 heterocycles. The molecule has 1 fully saturated rings. The Labute approximate surface area is 257 Å². The molecule has 4 aromatic carbocycles. The minimum atomic E-state index is -1.49. The van der Waals surface area contributed by atoms with E-state index in [0.717, 1.165) is 16.8 Å². The van der Waals surface area contributed by atoms with Crippen molar-refractivity contribution in [2.24, 2.45) is 5.92 Å². The van der Waals surface area contributed by atoms with Gasteiger partial charge in [-0.05, 0) is 60.5 Å². The SMILES string of the molecule is CC1=CC2N(c3ccccc31)C(C(=O)c1ccc([N+](=O)[O-])cc1)C(C(=O)c1ccc3c(c1)OCO3)C21C(=O)Nc2ccccc21. The fourth-order valence-electron chi connectivity index (χ4n) is 7.53. The van der Waals surface area contributed by atoms with Crippen molar-refractivity contribution in [2.45, 2.75) is 24.4 Å². The van der Waals surface area contributed by atoms with Crippen LogP contribution in [0, 0.1) is 16.0 Å². The summed E-state index contributed by atoms with van der Waals surface area (Å²) in [5.41, 5.74) is 2.56. The van der Waals surface area contributed by atoms with Gasteiger partial charge in [-0.25, -0.2) is 0 Å². The van der Waals surface area contributed by atoms with Gasteiger partial charge in [-0.3, -0.25) is 24.5 Å². The molecule has 10 heteroatoms. The Bertz CT molecular complexity index is 2000. The van der Waals surface area contributed by atoms with Gasteiger partial charge in [0.1, 0.15) is 11.5 Å². The molecule has 10 nitrogen and oxygen atoms in total. The lowest BCUT2D eigenvalue weighted by Gasteiger charge is -2.39. The Morgan fingerprint density at radius 1 is 0.911 bits per heavy atom. The van der Waals surface area contributed by atoms with Gasteiger partial charge in [0.15, 0.2) is 23.1 Å². The number of Topliss-reactive ketones (excluding diaryl/α,β-unsaturated/α-hetero) is 2. The normalized spacial score (nSPS) is 23.6. The number of ketones is 2. The van der Waals surface area contributed by atoms with Gasteiger partial charge in [0.2, 0.25) is 12.7 Å². The maximum Gasteiger partial charge on any atom is 0.269 e. The van der Waals surface area contributed by atoms with Crippen LogP contribution < -0.4 is 19.7 Å². The molecule has 0 aromatic heterocycles. The van der Waals surface area contributed by atoms with Crippen LogP contribution in [-0.2, 0) is 10.2 Å². The fourth-order valence-corrected chi connectivity index (χ4v) is 7.53. The molecule has 4 aliphatic rings. The van der Waals surface area contributed by atoms with Gasteiger partial charge in [-0.15, -0.1) is 0 Å². The number of non-ortho nitro benzene ring substituents is 1. The molecule has 1 amide bonds. The number of benzene rings is 4. The molecule has 4 atom stereocenters. The van der Waals surface area contributed by atoms with Gasteiger partial charge in [0.05, 0.1) is 16.9 Å². The number of rotatable bonds is 5. The van der Waals surface area contributed by atoms with E-state index in [-0.39, 0.29) is 29.5 Å². The van der Waals surface area contributed by atoms with Crippen molar-refractivity contribution in [2.75, 3.05) is 17.0 Å². The Morgan fingerprint density at radius 3 is 2.42 bits per heavy atom. The summed E-state index contributed by atoms with van der Waals surface area (Å²) in [4.78, 5) is 57.1. The maximum atomic E-state index is 15.0. The number of nitrogens with zero attached hydrogens (tertiary/aromatic N) is 2. The molecule has 222 valence electrons. The zero-order chi connectivity index (χ0) is 31.0. The smallest absolute Gasteiger partial charge is 0.269 e. The summed E-state index contributed by atoms with van der Waals surface area (Å²) in [6.07, 6.45) is 1.98. The molecule has 0 bridgehead atoms. The first kappa shape index (κ1) is 26.8. The second-order valence-corrected chi connectivity index (χ2v) is 11.6.